The van der Waals surface area contributed by atoms with Crippen molar-refractivity contribution in [3.8, 4) is 39.1 Å². The first-order valence-corrected chi connectivity index (χ1v) is 16.2. The van der Waals surface area contributed by atoms with E-state index < -0.39 is 0 Å². The number of para-hydroxylation sites is 1. The molecule has 0 bridgehead atoms. The largest absolute Gasteiger partial charge is 0.309 e. The first kappa shape index (κ1) is 26.7. The van der Waals surface area contributed by atoms with Crippen molar-refractivity contribution in [2.75, 3.05) is 0 Å². The third-order valence-electron chi connectivity index (χ3n) is 9.82. The molecule has 0 unspecified atom stereocenters. The third kappa shape index (κ3) is 4.39. The minimum atomic E-state index is 0.906. The topological polar surface area (TPSA) is 4.93 Å². The lowest BCUT2D eigenvalue weighted by atomic mass is 9.89. The van der Waals surface area contributed by atoms with E-state index >= 15 is 0 Å². The second-order valence-corrected chi connectivity index (χ2v) is 12.6. The van der Waals surface area contributed by atoms with E-state index in [1.165, 1.54) is 88.7 Å². The lowest BCUT2D eigenvalue weighted by Gasteiger charge is -2.15. The van der Waals surface area contributed by atoms with Crippen LogP contribution in [0.25, 0.3) is 60.9 Å². The van der Waals surface area contributed by atoms with E-state index in [-0.39, 0.29) is 0 Å². The van der Waals surface area contributed by atoms with Gasteiger partial charge in [-0.1, -0.05) is 121 Å². The molecule has 0 amide bonds. The zero-order valence-electron chi connectivity index (χ0n) is 25.9. The molecule has 0 aliphatic heterocycles. The summed E-state index contributed by atoms with van der Waals surface area (Å²) in [7, 11) is 0. The summed E-state index contributed by atoms with van der Waals surface area (Å²) in [4.78, 5) is 0. The van der Waals surface area contributed by atoms with E-state index in [1.54, 1.807) is 0 Å². The number of rotatable bonds is 5. The molecule has 0 spiro atoms. The lowest BCUT2D eigenvalue weighted by Crippen LogP contribution is -1.96. The normalized spacial score (nSPS) is 12.0. The van der Waals surface area contributed by atoms with Crippen LogP contribution >= 0.6 is 0 Å². The maximum atomic E-state index is 2.44. The monoisotopic (exact) mass is 587 g/mol. The Morgan fingerprint density at radius 3 is 2.07 bits per heavy atom. The van der Waals surface area contributed by atoms with Gasteiger partial charge in [-0.2, -0.15) is 0 Å². The van der Waals surface area contributed by atoms with Crippen LogP contribution in [-0.2, 0) is 12.8 Å². The van der Waals surface area contributed by atoms with Crippen molar-refractivity contribution in [3.63, 3.8) is 0 Å². The Hall–Kier alpha value is -5.66. The Bertz CT molecular complexity index is 2430. The fourth-order valence-electron chi connectivity index (χ4n) is 7.55. The number of aryl methyl sites for hydroxylation is 1. The molecule has 1 aliphatic carbocycles. The van der Waals surface area contributed by atoms with Gasteiger partial charge in [-0.3, -0.25) is 0 Å². The summed E-state index contributed by atoms with van der Waals surface area (Å²) < 4.78 is 2.44. The molecule has 1 heteroatoms. The van der Waals surface area contributed by atoms with Crippen LogP contribution in [-0.4, -0.2) is 4.57 Å². The van der Waals surface area contributed by atoms with Gasteiger partial charge in [-0.05, 0) is 117 Å². The van der Waals surface area contributed by atoms with Crippen LogP contribution in [0.2, 0.25) is 0 Å². The molecule has 0 atom stereocenters. The molecule has 0 radical (unpaired) electrons. The molecule has 9 rings (SSSR count). The fraction of sp³-hybridized carbons (Fsp3) is 0.0667. The van der Waals surface area contributed by atoms with Crippen LogP contribution in [0.1, 0.15) is 27.8 Å². The van der Waals surface area contributed by atoms with Crippen LogP contribution in [0.3, 0.4) is 0 Å². The van der Waals surface area contributed by atoms with Gasteiger partial charge in [0.1, 0.15) is 0 Å². The number of nitrogens with zero attached hydrogens (tertiary/aromatic N) is 1. The second kappa shape index (κ2) is 10.8. The van der Waals surface area contributed by atoms with E-state index in [9.17, 15) is 0 Å². The Kier molecular flexibility index (Phi) is 6.24. The molecule has 218 valence electrons. The molecule has 0 saturated carbocycles. The molecule has 7 aromatic carbocycles. The molecule has 1 nitrogen and oxygen atoms in total. The summed E-state index contributed by atoms with van der Waals surface area (Å²) in [5, 5.41) is 2.56. The van der Waals surface area contributed by atoms with Gasteiger partial charge in [0.15, 0.2) is 0 Å². The highest BCUT2D eigenvalue weighted by atomic mass is 15.0. The summed E-state index contributed by atoms with van der Waals surface area (Å²) in [6.45, 7) is 2.22. The molecule has 0 fully saturated rings. The predicted octanol–water partition coefficient (Wildman–Crippen LogP) is 11.6. The van der Waals surface area contributed by atoms with E-state index in [0.29, 0.717) is 0 Å². The molecular weight excluding hydrogens is 555 g/mol. The summed E-state index contributed by atoms with van der Waals surface area (Å²) >= 11 is 0. The van der Waals surface area contributed by atoms with Gasteiger partial charge in [0, 0.05) is 16.5 Å². The maximum absolute atomic E-state index is 2.44. The Morgan fingerprint density at radius 2 is 1.17 bits per heavy atom. The summed E-state index contributed by atoms with van der Waals surface area (Å²) in [5.41, 5.74) is 18.3. The minimum Gasteiger partial charge on any atom is -0.309 e. The first-order valence-electron chi connectivity index (χ1n) is 16.2. The van der Waals surface area contributed by atoms with Crippen molar-refractivity contribution in [2.45, 2.75) is 19.8 Å². The molecule has 0 saturated heterocycles. The standard InChI is InChI=1S/C45H33N/c1-30-11-5-7-15-38(30)42-28-32(19-20-35(42)25-31-12-3-2-4-13-31)33-21-24-45-43(29-33)41-17-9-10-18-44(41)46(45)37-22-23-40-36(27-37)26-34-14-6-8-16-39(34)40/h2-24,27-29H,25-26H2,1H3. The zero-order chi connectivity index (χ0) is 30.6. The van der Waals surface area contributed by atoms with Gasteiger partial charge in [0.25, 0.3) is 0 Å². The predicted molar refractivity (Wildman–Crippen MR) is 194 cm³/mol. The van der Waals surface area contributed by atoms with Crippen molar-refractivity contribution in [1.29, 1.82) is 0 Å². The molecule has 1 aromatic heterocycles. The van der Waals surface area contributed by atoms with Gasteiger partial charge in [-0.25, -0.2) is 0 Å². The highest BCUT2D eigenvalue weighted by Crippen LogP contribution is 2.40. The van der Waals surface area contributed by atoms with Gasteiger partial charge >= 0.3 is 0 Å². The maximum Gasteiger partial charge on any atom is 0.0541 e. The molecule has 46 heavy (non-hydrogen) atoms. The molecule has 1 aliphatic rings. The zero-order valence-corrected chi connectivity index (χ0v) is 25.9. The van der Waals surface area contributed by atoms with Crippen molar-refractivity contribution in [1.82, 2.24) is 4.57 Å². The van der Waals surface area contributed by atoms with Gasteiger partial charge in [0.2, 0.25) is 0 Å². The molecule has 8 aromatic rings. The second-order valence-electron chi connectivity index (χ2n) is 12.6. The number of hydrogen-bond acceptors (Lipinski definition) is 0. The van der Waals surface area contributed by atoms with Crippen LogP contribution in [0.15, 0.2) is 158 Å². The van der Waals surface area contributed by atoms with E-state index in [2.05, 4.69) is 169 Å². The van der Waals surface area contributed by atoms with Crippen LogP contribution < -0.4 is 0 Å². The highest BCUT2D eigenvalue weighted by Gasteiger charge is 2.20. The van der Waals surface area contributed by atoms with E-state index in [0.717, 1.165) is 12.8 Å². The molecule has 0 N–H and O–H groups in total. The molecule has 1 heterocycles. The van der Waals surface area contributed by atoms with E-state index in [1.807, 2.05) is 0 Å². The summed E-state index contributed by atoms with van der Waals surface area (Å²) in [6, 6.07) is 58.2. The lowest BCUT2D eigenvalue weighted by molar-refractivity contribution is 1.16. The Morgan fingerprint density at radius 1 is 0.478 bits per heavy atom. The van der Waals surface area contributed by atoms with Crippen LogP contribution in [0, 0.1) is 6.92 Å². The average molecular weight is 588 g/mol. The van der Waals surface area contributed by atoms with Crippen molar-refractivity contribution in [3.05, 3.63) is 186 Å². The minimum absolute atomic E-state index is 0.906. The van der Waals surface area contributed by atoms with Gasteiger partial charge in [-0.15, -0.1) is 0 Å². The summed E-state index contributed by atoms with van der Waals surface area (Å²) in [6.07, 6.45) is 1.90. The van der Waals surface area contributed by atoms with Crippen molar-refractivity contribution in [2.24, 2.45) is 0 Å². The van der Waals surface area contributed by atoms with Crippen LogP contribution in [0.4, 0.5) is 0 Å². The van der Waals surface area contributed by atoms with Crippen molar-refractivity contribution >= 4 is 21.8 Å². The van der Waals surface area contributed by atoms with Crippen molar-refractivity contribution < 1.29 is 0 Å². The summed E-state index contributed by atoms with van der Waals surface area (Å²) in [5.74, 6) is 0. The highest BCUT2D eigenvalue weighted by molar-refractivity contribution is 6.10. The van der Waals surface area contributed by atoms with Gasteiger partial charge < -0.3 is 4.57 Å². The molecular formula is C45H33N. The number of fused-ring (bicyclic) bond motifs is 6. The number of hydrogen-bond donors (Lipinski definition) is 0. The quantitative estimate of drug-likeness (QED) is 0.189. The van der Waals surface area contributed by atoms with Gasteiger partial charge in [0.05, 0.1) is 11.0 Å². The number of aromatic nitrogens is 1. The Balaban J connectivity index is 1.18. The average Bonchev–Trinajstić information content (AvgIpc) is 3.64. The smallest absolute Gasteiger partial charge is 0.0541 e. The number of benzene rings is 7. The van der Waals surface area contributed by atoms with E-state index in [4.69, 9.17) is 0 Å². The third-order valence-corrected chi connectivity index (χ3v) is 9.82. The fourth-order valence-corrected chi connectivity index (χ4v) is 7.55. The Labute approximate surface area is 270 Å². The van der Waals surface area contributed by atoms with Crippen LogP contribution in [0.5, 0.6) is 0 Å². The SMILES string of the molecule is Cc1ccccc1-c1cc(-c2ccc3c(c2)c2ccccc2n3-c2ccc3c(c2)Cc2ccccc2-3)ccc1Cc1ccccc1. The first-order chi connectivity index (χ1) is 22.7.